The first-order chi connectivity index (χ1) is 9.79. The minimum Gasteiger partial charge on any atom is -0.486 e. The van der Waals surface area contributed by atoms with Crippen LogP contribution in [0.2, 0.25) is 5.02 Å². The molecule has 1 aliphatic heterocycles. The average molecular weight is 307 g/mol. The first-order valence-electron chi connectivity index (χ1n) is 7.81. The molecule has 0 saturated heterocycles. The van der Waals surface area contributed by atoms with Gasteiger partial charge in [0.15, 0.2) is 5.78 Å². The minimum atomic E-state index is -0.278. The first kappa shape index (κ1) is 14.9. The van der Waals surface area contributed by atoms with Gasteiger partial charge in [-0.3, -0.25) is 4.79 Å². The zero-order chi connectivity index (χ0) is 15.3. The summed E-state index contributed by atoms with van der Waals surface area (Å²) in [7, 11) is 0. The molecule has 3 heteroatoms. The zero-order valence-electron chi connectivity index (χ0n) is 13.0. The van der Waals surface area contributed by atoms with Gasteiger partial charge in [-0.25, -0.2) is 0 Å². The fraction of sp³-hybridized carbons (Fsp3) is 0.611. The number of hydrogen-bond acceptors (Lipinski definition) is 2. The molecule has 1 aromatic carbocycles. The molecule has 0 N–H and O–H groups in total. The van der Waals surface area contributed by atoms with E-state index in [4.69, 9.17) is 16.3 Å². The number of halogens is 1. The number of hydrogen-bond donors (Lipinski definition) is 0. The van der Waals surface area contributed by atoms with Crippen LogP contribution in [0.15, 0.2) is 18.2 Å². The van der Waals surface area contributed by atoms with Crippen molar-refractivity contribution in [3.05, 3.63) is 28.8 Å². The standard InChI is InChI=1S/C18H23ClO2/c1-17(2,3)12-6-8-18(9-7-12)11-15(20)14-10-13(19)4-5-16(14)21-18/h4-5,10,12H,6-9,11H2,1-3H3. The van der Waals surface area contributed by atoms with E-state index in [2.05, 4.69) is 20.8 Å². The molecule has 2 nitrogen and oxygen atoms in total. The fourth-order valence-corrected chi connectivity index (χ4v) is 3.93. The fourth-order valence-electron chi connectivity index (χ4n) is 3.76. The summed E-state index contributed by atoms with van der Waals surface area (Å²) in [5, 5.41) is 0.595. The number of carbonyl (C=O) groups excluding carboxylic acids is 1. The van der Waals surface area contributed by atoms with Crippen LogP contribution in [-0.2, 0) is 0 Å². The second kappa shape index (κ2) is 5.01. The van der Waals surface area contributed by atoms with Crippen LogP contribution < -0.4 is 4.74 Å². The molecule has 1 heterocycles. The van der Waals surface area contributed by atoms with Crippen LogP contribution in [0.4, 0.5) is 0 Å². The number of ketones is 1. The van der Waals surface area contributed by atoms with Gasteiger partial charge in [0, 0.05) is 5.02 Å². The Kier molecular flexibility index (Phi) is 3.56. The topological polar surface area (TPSA) is 26.3 Å². The number of rotatable bonds is 0. The van der Waals surface area contributed by atoms with Crippen LogP contribution in [0.5, 0.6) is 5.75 Å². The van der Waals surface area contributed by atoms with Crippen molar-refractivity contribution < 1.29 is 9.53 Å². The number of carbonyl (C=O) groups is 1. The molecular weight excluding hydrogens is 284 g/mol. The summed E-state index contributed by atoms with van der Waals surface area (Å²) < 4.78 is 6.27. The van der Waals surface area contributed by atoms with Gasteiger partial charge in [-0.15, -0.1) is 0 Å². The molecule has 2 aliphatic rings. The molecule has 3 rings (SSSR count). The van der Waals surface area contributed by atoms with Gasteiger partial charge in [0.05, 0.1) is 12.0 Å². The molecule has 21 heavy (non-hydrogen) atoms. The van der Waals surface area contributed by atoms with E-state index in [1.165, 1.54) is 0 Å². The lowest BCUT2D eigenvalue weighted by Gasteiger charge is -2.45. The highest BCUT2D eigenvalue weighted by Gasteiger charge is 2.44. The third-order valence-electron chi connectivity index (χ3n) is 5.17. The van der Waals surface area contributed by atoms with E-state index < -0.39 is 0 Å². The van der Waals surface area contributed by atoms with Gasteiger partial charge >= 0.3 is 0 Å². The van der Waals surface area contributed by atoms with Crippen molar-refractivity contribution >= 4 is 17.4 Å². The number of fused-ring (bicyclic) bond motifs is 1. The van der Waals surface area contributed by atoms with Crippen LogP contribution in [0.3, 0.4) is 0 Å². The van der Waals surface area contributed by atoms with Crippen LogP contribution in [-0.4, -0.2) is 11.4 Å². The predicted molar refractivity (Wildman–Crippen MR) is 85.2 cm³/mol. The van der Waals surface area contributed by atoms with Gasteiger partial charge in [0.25, 0.3) is 0 Å². The van der Waals surface area contributed by atoms with E-state index in [-0.39, 0.29) is 11.4 Å². The maximum Gasteiger partial charge on any atom is 0.170 e. The molecule has 1 fully saturated rings. The minimum absolute atomic E-state index is 0.174. The van der Waals surface area contributed by atoms with Crippen LogP contribution in [0.25, 0.3) is 0 Å². The summed E-state index contributed by atoms with van der Waals surface area (Å²) in [6, 6.07) is 5.37. The molecule has 0 bridgehead atoms. The van der Waals surface area contributed by atoms with Gasteiger partial charge in [-0.2, -0.15) is 0 Å². The monoisotopic (exact) mass is 306 g/mol. The highest BCUT2D eigenvalue weighted by atomic mass is 35.5. The zero-order valence-corrected chi connectivity index (χ0v) is 13.8. The van der Waals surface area contributed by atoms with E-state index in [0.717, 1.165) is 25.7 Å². The SMILES string of the molecule is CC(C)(C)C1CCC2(CC1)CC(=O)c1cc(Cl)ccc1O2. The molecule has 0 amide bonds. The number of Topliss-reactive ketones (excluding diaryl/α,β-unsaturated/α-hetero) is 1. The summed E-state index contributed by atoms with van der Waals surface area (Å²) in [4.78, 5) is 12.5. The van der Waals surface area contributed by atoms with Crippen molar-refractivity contribution in [1.29, 1.82) is 0 Å². The Morgan fingerprint density at radius 3 is 2.52 bits per heavy atom. The lowest BCUT2D eigenvalue weighted by molar-refractivity contribution is -0.0127. The van der Waals surface area contributed by atoms with Crippen molar-refractivity contribution in [2.24, 2.45) is 11.3 Å². The highest BCUT2D eigenvalue weighted by Crippen LogP contribution is 2.47. The second-order valence-electron chi connectivity index (χ2n) is 7.67. The summed E-state index contributed by atoms with van der Waals surface area (Å²) in [6.07, 6.45) is 4.72. The molecule has 0 unspecified atom stereocenters. The molecule has 114 valence electrons. The first-order valence-corrected chi connectivity index (χ1v) is 8.19. The van der Waals surface area contributed by atoms with Crippen LogP contribution >= 0.6 is 11.6 Å². The quantitative estimate of drug-likeness (QED) is 0.652. The smallest absolute Gasteiger partial charge is 0.170 e. The summed E-state index contributed by atoms with van der Waals surface area (Å²) in [5.74, 6) is 1.60. The lowest BCUT2D eigenvalue weighted by atomic mass is 9.66. The highest BCUT2D eigenvalue weighted by molar-refractivity contribution is 6.31. The number of ether oxygens (including phenoxy) is 1. The van der Waals surface area contributed by atoms with Gasteiger partial charge in [-0.05, 0) is 55.2 Å². The maximum atomic E-state index is 12.5. The van der Waals surface area contributed by atoms with Crippen molar-refractivity contribution in [2.45, 2.75) is 58.5 Å². The Bertz CT molecular complexity index is 563. The van der Waals surface area contributed by atoms with E-state index in [1.54, 1.807) is 12.1 Å². The molecule has 1 aromatic rings. The van der Waals surface area contributed by atoms with Crippen molar-refractivity contribution in [1.82, 2.24) is 0 Å². The molecule has 1 aliphatic carbocycles. The Hall–Kier alpha value is -1.02. The molecule has 1 spiro atoms. The third kappa shape index (κ3) is 2.83. The predicted octanol–water partition coefficient (Wildman–Crippen LogP) is 5.28. The van der Waals surface area contributed by atoms with E-state index in [1.807, 2.05) is 6.07 Å². The van der Waals surface area contributed by atoms with Gasteiger partial charge in [-0.1, -0.05) is 32.4 Å². The maximum absolute atomic E-state index is 12.5. The number of benzene rings is 1. The van der Waals surface area contributed by atoms with E-state index >= 15 is 0 Å². The largest absolute Gasteiger partial charge is 0.486 e. The summed E-state index contributed by atoms with van der Waals surface area (Å²) >= 11 is 5.98. The lowest BCUT2D eigenvalue weighted by Crippen LogP contribution is -2.46. The normalized spacial score (nSPS) is 29.1. The molecule has 0 aromatic heterocycles. The summed E-state index contributed by atoms with van der Waals surface area (Å²) in [5.41, 5.74) is 0.705. The van der Waals surface area contributed by atoms with Crippen LogP contribution in [0, 0.1) is 11.3 Å². The molecule has 0 radical (unpaired) electrons. The summed E-state index contributed by atoms with van der Waals surface area (Å²) in [6.45, 7) is 6.92. The van der Waals surface area contributed by atoms with Crippen molar-refractivity contribution in [2.75, 3.05) is 0 Å². The van der Waals surface area contributed by atoms with Crippen molar-refractivity contribution in [3.8, 4) is 5.75 Å². The molecule has 1 saturated carbocycles. The van der Waals surface area contributed by atoms with Crippen LogP contribution in [0.1, 0.15) is 63.2 Å². The average Bonchev–Trinajstić information content (AvgIpc) is 2.39. The third-order valence-corrected chi connectivity index (χ3v) is 5.41. The Morgan fingerprint density at radius 1 is 1.24 bits per heavy atom. The van der Waals surface area contributed by atoms with Gasteiger partial charge < -0.3 is 4.74 Å². The molecule has 0 atom stereocenters. The Morgan fingerprint density at radius 2 is 1.90 bits per heavy atom. The Labute approximate surface area is 131 Å². The van der Waals surface area contributed by atoms with Gasteiger partial charge in [0.1, 0.15) is 11.4 Å². The van der Waals surface area contributed by atoms with E-state index in [9.17, 15) is 4.79 Å². The Balaban J connectivity index is 1.80. The second-order valence-corrected chi connectivity index (χ2v) is 8.10. The van der Waals surface area contributed by atoms with Crippen molar-refractivity contribution in [3.63, 3.8) is 0 Å². The van der Waals surface area contributed by atoms with E-state index in [0.29, 0.717) is 34.1 Å². The van der Waals surface area contributed by atoms with Gasteiger partial charge in [0.2, 0.25) is 0 Å². The molecular formula is C18H23ClO2.